The van der Waals surface area contributed by atoms with Crippen LogP contribution in [0.2, 0.25) is 0 Å². The number of nitrogen functional groups attached to an aromatic ring is 1. The molecule has 4 heteroatoms. The molecule has 0 fully saturated rings. The second-order valence-corrected chi connectivity index (χ2v) is 4.78. The van der Waals surface area contributed by atoms with E-state index in [9.17, 15) is 4.79 Å². The number of nitrogens with two attached hydrogens (primary N) is 1. The van der Waals surface area contributed by atoms with Crippen molar-refractivity contribution in [2.75, 3.05) is 12.3 Å². The van der Waals surface area contributed by atoms with Crippen LogP contribution in [0.5, 0.6) is 0 Å². The molecule has 0 aromatic heterocycles. The topological polar surface area (TPSA) is 64.3 Å². The molecular formula is C14H18N2O2. The number of hydrogen-bond donors (Lipinski definition) is 2. The predicted octanol–water partition coefficient (Wildman–Crippen LogP) is 2.15. The summed E-state index contributed by atoms with van der Waals surface area (Å²) in [7, 11) is 0. The van der Waals surface area contributed by atoms with Crippen molar-refractivity contribution in [2.45, 2.75) is 26.4 Å². The molecule has 0 spiro atoms. The highest BCUT2D eigenvalue weighted by molar-refractivity contribution is 5.68. The van der Waals surface area contributed by atoms with E-state index < -0.39 is 11.7 Å². The fourth-order valence-electron chi connectivity index (χ4n) is 1.14. The summed E-state index contributed by atoms with van der Waals surface area (Å²) in [5, 5.41) is 2.56. The van der Waals surface area contributed by atoms with Crippen LogP contribution in [-0.2, 0) is 4.74 Å². The van der Waals surface area contributed by atoms with Gasteiger partial charge in [0.25, 0.3) is 0 Å². The molecule has 0 unspecified atom stereocenters. The Morgan fingerprint density at radius 2 is 1.94 bits per heavy atom. The molecule has 1 aromatic carbocycles. The van der Waals surface area contributed by atoms with Gasteiger partial charge in [0.15, 0.2) is 0 Å². The average Bonchev–Trinajstić information content (AvgIpc) is 2.24. The second-order valence-electron chi connectivity index (χ2n) is 4.78. The number of ether oxygens (including phenoxy) is 1. The number of alkyl carbamates (subject to hydrolysis) is 1. The summed E-state index contributed by atoms with van der Waals surface area (Å²) in [4.78, 5) is 11.3. The zero-order valence-corrected chi connectivity index (χ0v) is 10.9. The van der Waals surface area contributed by atoms with E-state index in [2.05, 4.69) is 17.2 Å². The van der Waals surface area contributed by atoms with Crippen LogP contribution in [0.25, 0.3) is 0 Å². The van der Waals surface area contributed by atoms with Crippen LogP contribution in [0, 0.1) is 11.8 Å². The van der Waals surface area contributed by atoms with Gasteiger partial charge in [0, 0.05) is 11.3 Å². The van der Waals surface area contributed by atoms with Crippen molar-refractivity contribution in [1.82, 2.24) is 5.32 Å². The van der Waals surface area contributed by atoms with Crippen molar-refractivity contribution in [3.8, 4) is 11.8 Å². The summed E-state index contributed by atoms with van der Waals surface area (Å²) in [6.07, 6.45) is -0.464. The molecule has 0 saturated carbocycles. The van der Waals surface area contributed by atoms with E-state index in [1.165, 1.54) is 0 Å². The largest absolute Gasteiger partial charge is 0.444 e. The smallest absolute Gasteiger partial charge is 0.408 e. The molecule has 4 nitrogen and oxygen atoms in total. The molecule has 0 aliphatic rings. The number of carbonyl (C=O) groups excluding carboxylic acids is 1. The SMILES string of the molecule is CC(C)(C)OC(=O)NCC#Cc1ccc(N)cc1. The van der Waals surface area contributed by atoms with Crippen molar-refractivity contribution >= 4 is 11.8 Å². The summed E-state index contributed by atoms with van der Waals surface area (Å²) < 4.78 is 5.07. The Balaban J connectivity index is 2.38. The summed E-state index contributed by atoms with van der Waals surface area (Å²) in [6.45, 7) is 5.69. The van der Waals surface area contributed by atoms with E-state index in [4.69, 9.17) is 10.5 Å². The monoisotopic (exact) mass is 246 g/mol. The van der Waals surface area contributed by atoms with Crippen LogP contribution >= 0.6 is 0 Å². The third-order valence-electron chi connectivity index (χ3n) is 1.86. The van der Waals surface area contributed by atoms with Gasteiger partial charge in [0.2, 0.25) is 0 Å². The van der Waals surface area contributed by atoms with Gasteiger partial charge < -0.3 is 15.8 Å². The fourth-order valence-corrected chi connectivity index (χ4v) is 1.14. The standard InChI is InChI=1S/C14H18N2O2/c1-14(2,3)18-13(17)16-10-4-5-11-6-8-12(15)9-7-11/h6-9H,10,15H2,1-3H3,(H,16,17). The number of amides is 1. The molecule has 1 rings (SSSR count). The number of benzene rings is 1. The predicted molar refractivity (Wildman–Crippen MR) is 72.0 cm³/mol. The highest BCUT2D eigenvalue weighted by Gasteiger charge is 2.14. The Bertz CT molecular complexity index is 461. The van der Waals surface area contributed by atoms with E-state index >= 15 is 0 Å². The van der Waals surface area contributed by atoms with Gasteiger partial charge in [0.05, 0.1) is 6.54 Å². The highest BCUT2D eigenvalue weighted by atomic mass is 16.6. The van der Waals surface area contributed by atoms with Crippen molar-refractivity contribution in [3.05, 3.63) is 29.8 Å². The Hall–Kier alpha value is -2.15. The third-order valence-corrected chi connectivity index (χ3v) is 1.86. The van der Waals surface area contributed by atoms with E-state index in [1.54, 1.807) is 12.1 Å². The Morgan fingerprint density at radius 3 is 2.50 bits per heavy atom. The number of nitrogens with one attached hydrogen (secondary N) is 1. The van der Waals surface area contributed by atoms with Crippen molar-refractivity contribution in [3.63, 3.8) is 0 Å². The maximum atomic E-state index is 11.3. The first-order chi connectivity index (χ1) is 8.37. The van der Waals surface area contributed by atoms with Gasteiger partial charge in [-0.25, -0.2) is 4.79 Å². The molecule has 0 aliphatic carbocycles. The summed E-state index contributed by atoms with van der Waals surface area (Å²) >= 11 is 0. The Kier molecular flexibility index (Phi) is 4.61. The molecule has 18 heavy (non-hydrogen) atoms. The van der Waals surface area contributed by atoms with Gasteiger partial charge in [0.1, 0.15) is 5.60 Å². The molecule has 3 N–H and O–H groups in total. The van der Waals surface area contributed by atoms with Gasteiger partial charge in [-0.3, -0.25) is 0 Å². The van der Waals surface area contributed by atoms with Gasteiger partial charge >= 0.3 is 6.09 Å². The molecule has 0 radical (unpaired) electrons. The van der Waals surface area contributed by atoms with Gasteiger partial charge in [-0.15, -0.1) is 0 Å². The van der Waals surface area contributed by atoms with Crippen LogP contribution in [-0.4, -0.2) is 18.2 Å². The molecule has 0 aliphatic heterocycles. The normalized spacial score (nSPS) is 10.2. The molecule has 0 bridgehead atoms. The molecule has 1 amide bonds. The lowest BCUT2D eigenvalue weighted by Gasteiger charge is -2.18. The van der Waals surface area contributed by atoms with Crippen LogP contribution in [0.3, 0.4) is 0 Å². The van der Waals surface area contributed by atoms with Crippen LogP contribution in [0.15, 0.2) is 24.3 Å². The summed E-state index contributed by atoms with van der Waals surface area (Å²) in [5.74, 6) is 5.75. The molecule has 1 aromatic rings. The Morgan fingerprint density at radius 1 is 1.33 bits per heavy atom. The van der Waals surface area contributed by atoms with E-state index in [-0.39, 0.29) is 6.54 Å². The Labute approximate surface area is 108 Å². The van der Waals surface area contributed by atoms with Crippen molar-refractivity contribution in [2.24, 2.45) is 0 Å². The van der Waals surface area contributed by atoms with E-state index in [0.717, 1.165) is 5.56 Å². The van der Waals surface area contributed by atoms with Crippen molar-refractivity contribution in [1.29, 1.82) is 0 Å². The fraction of sp³-hybridized carbons (Fsp3) is 0.357. The minimum Gasteiger partial charge on any atom is -0.444 e. The molecular weight excluding hydrogens is 228 g/mol. The highest BCUT2D eigenvalue weighted by Crippen LogP contribution is 2.06. The van der Waals surface area contributed by atoms with Gasteiger partial charge in [-0.2, -0.15) is 0 Å². The zero-order valence-electron chi connectivity index (χ0n) is 10.9. The van der Waals surface area contributed by atoms with Gasteiger partial charge in [-0.05, 0) is 45.0 Å². The zero-order chi connectivity index (χ0) is 13.6. The summed E-state index contributed by atoms with van der Waals surface area (Å²) in [6, 6.07) is 7.22. The van der Waals surface area contributed by atoms with Crippen LogP contribution < -0.4 is 11.1 Å². The van der Waals surface area contributed by atoms with Crippen LogP contribution in [0.1, 0.15) is 26.3 Å². The van der Waals surface area contributed by atoms with Crippen LogP contribution in [0.4, 0.5) is 10.5 Å². The third kappa shape index (κ3) is 5.80. The average molecular weight is 246 g/mol. The van der Waals surface area contributed by atoms with E-state index in [0.29, 0.717) is 5.69 Å². The first-order valence-electron chi connectivity index (χ1n) is 5.68. The molecule has 0 heterocycles. The van der Waals surface area contributed by atoms with Crippen molar-refractivity contribution < 1.29 is 9.53 Å². The molecule has 96 valence electrons. The lowest BCUT2D eigenvalue weighted by atomic mass is 10.2. The maximum absolute atomic E-state index is 11.3. The lowest BCUT2D eigenvalue weighted by molar-refractivity contribution is 0.0535. The number of carbonyl (C=O) groups is 1. The number of anilines is 1. The number of hydrogen-bond acceptors (Lipinski definition) is 3. The molecule has 0 atom stereocenters. The van der Waals surface area contributed by atoms with Gasteiger partial charge in [-0.1, -0.05) is 11.8 Å². The quantitative estimate of drug-likeness (QED) is 0.589. The minimum atomic E-state index is -0.492. The first-order valence-corrected chi connectivity index (χ1v) is 5.68. The maximum Gasteiger partial charge on any atom is 0.408 e. The number of rotatable bonds is 1. The first kappa shape index (κ1) is 13.9. The second kappa shape index (κ2) is 5.97. The minimum absolute atomic E-state index is 0.249. The summed E-state index contributed by atoms with van der Waals surface area (Å²) in [5.41, 5.74) is 6.62. The van der Waals surface area contributed by atoms with E-state index in [1.807, 2.05) is 32.9 Å². The lowest BCUT2D eigenvalue weighted by Crippen LogP contribution is -2.32. The molecule has 0 saturated heterocycles.